The molecule has 1 atom stereocenters. The van der Waals surface area contributed by atoms with Crippen molar-refractivity contribution in [1.82, 2.24) is 0 Å². The number of alkyl halides is 2. The number of carbonyl (C=O) groups is 2. The third-order valence-corrected chi connectivity index (χ3v) is 3.71. The fourth-order valence-corrected chi connectivity index (χ4v) is 2.36. The van der Waals surface area contributed by atoms with Crippen molar-refractivity contribution in [3.05, 3.63) is 48.0 Å². The van der Waals surface area contributed by atoms with Crippen molar-refractivity contribution in [3.8, 4) is 17.2 Å². The summed E-state index contributed by atoms with van der Waals surface area (Å²) >= 11 is 0. The van der Waals surface area contributed by atoms with Gasteiger partial charge in [-0.05, 0) is 44.2 Å². The van der Waals surface area contributed by atoms with Crippen molar-refractivity contribution < 1.29 is 37.3 Å². The number of methoxy groups -OCH3 is 1. The quantitative estimate of drug-likeness (QED) is 0.633. The average molecular weight is 409 g/mol. The summed E-state index contributed by atoms with van der Waals surface area (Å²) in [6, 6.07) is 10.4. The minimum atomic E-state index is -3.04. The Morgan fingerprint density at radius 1 is 1.07 bits per heavy atom. The van der Waals surface area contributed by atoms with Gasteiger partial charge in [0.1, 0.15) is 5.75 Å². The van der Waals surface area contributed by atoms with E-state index in [9.17, 15) is 18.4 Å². The smallest absolute Gasteiger partial charge is 0.387 e. The zero-order chi connectivity index (χ0) is 21.4. The largest absolute Gasteiger partial charge is 0.495 e. The molecule has 156 valence electrons. The number of amides is 1. The molecule has 0 unspecified atom stereocenters. The van der Waals surface area contributed by atoms with Gasteiger partial charge < -0.3 is 24.3 Å². The van der Waals surface area contributed by atoms with Gasteiger partial charge in [-0.25, -0.2) is 4.79 Å². The predicted molar refractivity (Wildman–Crippen MR) is 101 cm³/mol. The maximum Gasteiger partial charge on any atom is 0.387 e. The highest BCUT2D eigenvalue weighted by Gasteiger charge is 2.21. The van der Waals surface area contributed by atoms with Gasteiger partial charge in [-0.1, -0.05) is 12.1 Å². The van der Waals surface area contributed by atoms with Crippen LogP contribution in [0.1, 0.15) is 24.2 Å². The van der Waals surface area contributed by atoms with Crippen LogP contribution >= 0.6 is 0 Å². The van der Waals surface area contributed by atoms with Gasteiger partial charge in [-0.2, -0.15) is 8.78 Å². The Kier molecular flexibility index (Phi) is 7.76. The topological polar surface area (TPSA) is 83.1 Å². The molecule has 0 heterocycles. The highest BCUT2D eigenvalue weighted by Crippen LogP contribution is 2.30. The number of esters is 1. The third-order valence-electron chi connectivity index (χ3n) is 3.71. The standard InChI is InChI=1S/C20H21F2NO6/c1-4-27-17-11-13(9-10-16(17)29-20(21)22)19(25)28-12(2)18(24)23-14-7-5-6-8-15(14)26-3/h5-12,20H,4H2,1-3H3,(H,23,24)/t12-/m1/s1. The lowest BCUT2D eigenvalue weighted by Gasteiger charge is -2.16. The molecule has 2 aromatic carbocycles. The monoisotopic (exact) mass is 409 g/mol. The molecule has 0 saturated heterocycles. The van der Waals surface area contributed by atoms with Crippen LogP contribution in [-0.2, 0) is 9.53 Å². The van der Waals surface area contributed by atoms with Crippen LogP contribution in [0.3, 0.4) is 0 Å². The second-order valence-electron chi connectivity index (χ2n) is 5.71. The predicted octanol–water partition coefficient (Wildman–Crippen LogP) is 3.88. The number of anilines is 1. The van der Waals surface area contributed by atoms with Crippen LogP contribution in [0.15, 0.2) is 42.5 Å². The molecule has 0 spiro atoms. The van der Waals surface area contributed by atoms with E-state index in [-0.39, 0.29) is 23.7 Å². The Morgan fingerprint density at radius 2 is 1.79 bits per heavy atom. The molecule has 1 N–H and O–H groups in total. The maximum atomic E-state index is 12.5. The first kappa shape index (κ1) is 21.9. The average Bonchev–Trinajstić information content (AvgIpc) is 2.69. The number of para-hydroxylation sites is 2. The summed E-state index contributed by atoms with van der Waals surface area (Å²) in [6.07, 6.45) is -1.13. The van der Waals surface area contributed by atoms with Crippen molar-refractivity contribution in [1.29, 1.82) is 0 Å². The molecule has 29 heavy (non-hydrogen) atoms. The van der Waals surface area contributed by atoms with E-state index in [0.717, 1.165) is 0 Å². The van der Waals surface area contributed by atoms with E-state index >= 15 is 0 Å². The molecule has 0 saturated carbocycles. The Morgan fingerprint density at radius 3 is 2.45 bits per heavy atom. The van der Waals surface area contributed by atoms with Crippen LogP contribution in [-0.4, -0.2) is 38.3 Å². The van der Waals surface area contributed by atoms with Crippen molar-refractivity contribution >= 4 is 17.6 Å². The van der Waals surface area contributed by atoms with Gasteiger partial charge in [0.15, 0.2) is 17.6 Å². The molecule has 7 nitrogen and oxygen atoms in total. The summed E-state index contributed by atoms with van der Waals surface area (Å²) in [5.74, 6) is -1.17. The number of hydrogen-bond acceptors (Lipinski definition) is 6. The van der Waals surface area contributed by atoms with Crippen LogP contribution in [0.5, 0.6) is 17.2 Å². The van der Waals surface area contributed by atoms with Gasteiger partial charge >= 0.3 is 12.6 Å². The fourth-order valence-electron chi connectivity index (χ4n) is 2.36. The van der Waals surface area contributed by atoms with Crippen LogP contribution < -0.4 is 19.5 Å². The molecular formula is C20H21F2NO6. The summed E-state index contributed by atoms with van der Waals surface area (Å²) in [7, 11) is 1.46. The Bertz CT molecular complexity index is 859. The number of rotatable bonds is 9. The van der Waals surface area contributed by atoms with E-state index in [0.29, 0.717) is 11.4 Å². The Labute approximate surface area is 166 Å². The number of hydrogen-bond donors (Lipinski definition) is 1. The molecule has 0 radical (unpaired) electrons. The summed E-state index contributed by atoms with van der Waals surface area (Å²) in [6.45, 7) is 0.197. The zero-order valence-corrected chi connectivity index (χ0v) is 16.1. The van der Waals surface area contributed by atoms with Crippen LogP contribution in [0.4, 0.5) is 14.5 Å². The molecule has 0 aromatic heterocycles. The highest BCUT2D eigenvalue weighted by molar-refractivity contribution is 5.98. The van der Waals surface area contributed by atoms with Crippen molar-refractivity contribution in [3.63, 3.8) is 0 Å². The molecular weight excluding hydrogens is 388 g/mol. The summed E-state index contributed by atoms with van der Waals surface area (Å²) in [4.78, 5) is 24.7. The van der Waals surface area contributed by atoms with Crippen LogP contribution in [0.25, 0.3) is 0 Å². The molecule has 0 aliphatic carbocycles. The number of carbonyl (C=O) groups excluding carboxylic acids is 2. The lowest BCUT2D eigenvalue weighted by Crippen LogP contribution is -2.30. The second-order valence-corrected chi connectivity index (χ2v) is 5.71. The zero-order valence-electron chi connectivity index (χ0n) is 16.1. The second kappa shape index (κ2) is 10.3. The summed E-state index contributed by atoms with van der Waals surface area (Å²) in [5, 5.41) is 2.61. The van der Waals surface area contributed by atoms with Gasteiger partial charge in [0, 0.05) is 0 Å². The first-order valence-corrected chi connectivity index (χ1v) is 8.72. The van der Waals surface area contributed by atoms with E-state index in [2.05, 4.69) is 10.1 Å². The number of ether oxygens (including phenoxy) is 4. The molecule has 2 rings (SSSR count). The molecule has 2 aromatic rings. The highest BCUT2D eigenvalue weighted by atomic mass is 19.3. The van der Waals surface area contributed by atoms with E-state index in [4.69, 9.17) is 14.2 Å². The van der Waals surface area contributed by atoms with Crippen molar-refractivity contribution in [2.24, 2.45) is 0 Å². The van der Waals surface area contributed by atoms with E-state index in [1.807, 2.05) is 0 Å². The van der Waals surface area contributed by atoms with Gasteiger partial charge in [0.25, 0.3) is 5.91 Å². The lowest BCUT2D eigenvalue weighted by atomic mass is 10.2. The Balaban J connectivity index is 2.08. The molecule has 0 bridgehead atoms. The first-order valence-electron chi connectivity index (χ1n) is 8.72. The summed E-state index contributed by atoms with van der Waals surface area (Å²) in [5.41, 5.74) is 0.446. The van der Waals surface area contributed by atoms with Gasteiger partial charge in [0.2, 0.25) is 0 Å². The third kappa shape index (κ3) is 6.06. The van der Waals surface area contributed by atoms with Crippen LogP contribution in [0, 0.1) is 0 Å². The molecule has 0 fully saturated rings. The number of nitrogens with one attached hydrogen (secondary N) is 1. The summed E-state index contributed by atoms with van der Waals surface area (Å²) < 4.78 is 44.8. The van der Waals surface area contributed by atoms with Gasteiger partial charge in [0.05, 0.1) is 25.0 Å². The molecule has 0 aliphatic rings. The molecule has 1 amide bonds. The van der Waals surface area contributed by atoms with E-state index in [1.54, 1.807) is 31.2 Å². The Hall–Kier alpha value is -3.36. The minimum Gasteiger partial charge on any atom is -0.495 e. The normalized spacial score (nSPS) is 11.5. The fraction of sp³-hybridized carbons (Fsp3) is 0.300. The number of halogens is 2. The van der Waals surface area contributed by atoms with Crippen LogP contribution in [0.2, 0.25) is 0 Å². The van der Waals surface area contributed by atoms with Crippen molar-refractivity contribution in [2.45, 2.75) is 26.6 Å². The minimum absolute atomic E-state index is 0.0204. The number of benzene rings is 2. The van der Waals surface area contributed by atoms with Crippen molar-refractivity contribution in [2.75, 3.05) is 19.0 Å². The van der Waals surface area contributed by atoms with Gasteiger partial charge in [-0.15, -0.1) is 0 Å². The lowest BCUT2D eigenvalue weighted by molar-refractivity contribution is -0.123. The molecule has 9 heteroatoms. The maximum absolute atomic E-state index is 12.5. The molecule has 0 aliphatic heterocycles. The SMILES string of the molecule is CCOc1cc(C(=O)O[C@H](C)C(=O)Nc2ccccc2OC)ccc1OC(F)F. The van der Waals surface area contributed by atoms with E-state index < -0.39 is 24.6 Å². The van der Waals surface area contributed by atoms with E-state index in [1.165, 1.54) is 32.2 Å². The van der Waals surface area contributed by atoms with Gasteiger partial charge in [-0.3, -0.25) is 4.79 Å². The first-order chi connectivity index (χ1) is 13.8.